The summed E-state index contributed by atoms with van der Waals surface area (Å²) in [4.78, 5) is 0. The van der Waals surface area contributed by atoms with E-state index in [1.54, 1.807) is 0 Å². The molecule has 1 unspecified atom stereocenters. The molecule has 0 aliphatic heterocycles. The first kappa shape index (κ1) is 15.1. The summed E-state index contributed by atoms with van der Waals surface area (Å²) in [5.41, 5.74) is 2.79. The Kier molecular flexibility index (Phi) is 7.55. The molecule has 0 fully saturated rings. The first-order valence-corrected chi connectivity index (χ1v) is 7.62. The third-order valence-electron chi connectivity index (χ3n) is 3.43. The van der Waals surface area contributed by atoms with Gasteiger partial charge >= 0.3 is 0 Å². The zero-order chi connectivity index (χ0) is 13.2. The summed E-state index contributed by atoms with van der Waals surface area (Å²) in [6.07, 6.45) is 9.08. The standard InChI is InChI=1S/C17H29N/c1-4-6-7-8-12-15(3)18-17-14-10-9-13-16(17)11-5-2/h9-10,13-15,18H,4-8,11-12H2,1-3H3. The minimum Gasteiger partial charge on any atom is -0.382 e. The number of hydrogen-bond acceptors (Lipinski definition) is 1. The molecule has 1 aromatic carbocycles. The third kappa shape index (κ3) is 5.57. The van der Waals surface area contributed by atoms with Crippen molar-refractivity contribution in [2.45, 2.75) is 71.8 Å². The first-order valence-electron chi connectivity index (χ1n) is 7.62. The Morgan fingerprint density at radius 1 is 1.00 bits per heavy atom. The van der Waals surface area contributed by atoms with Gasteiger partial charge in [-0.15, -0.1) is 0 Å². The molecular weight excluding hydrogens is 218 g/mol. The zero-order valence-corrected chi connectivity index (χ0v) is 12.3. The van der Waals surface area contributed by atoms with Crippen molar-refractivity contribution in [3.8, 4) is 0 Å². The van der Waals surface area contributed by atoms with E-state index in [9.17, 15) is 0 Å². The van der Waals surface area contributed by atoms with E-state index in [2.05, 4.69) is 50.4 Å². The van der Waals surface area contributed by atoms with E-state index >= 15 is 0 Å². The van der Waals surface area contributed by atoms with Crippen LogP contribution in [0.1, 0.15) is 64.9 Å². The summed E-state index contributed by atoms with van der Waals surface area (Å²) >= 11 is 0. The molecule has 0 spiro atoms. The zero-order valence-electron chi connectivity index (χ0n) is 12.3. The van der Waals surface area contributed by atoms with E-state index in [1.165, 1.54) is 56.2 Å². The number of rotatable bonds is 9. The fraction of sp³-hybridized carbons (Fsp3) is 0.647. The molecule has 0 radical (unpaired) electrons. The van der Waals surface area contributed by atoms with Crippen molar-refractivity contribution in [2.24, 2.45) is 0 Å². The highest BCUT2D eigenvalue weighted by Gasteiger charge is 2.05. The Bertz CT molecular complexity index is 319. The SMILES string of the molecule is CCCCCCC(C)Nc1ccccc1CCC. The van der Waals surface area contributed by atoms with Gasteiger partial charge in [0.15, 0.2) is 0 Å². The second-order valence-electron chi connectivity index (χ2n) is 5.30. The van der Waals surface area contributed by atoms with Crippen molar-refractivity contribution in [3.63, 3.8) is 0 Å². The average Bonchev–Trinajstić information content (AvgIpc) is 2.37. The largest absolute Gasteiger partial charge is 0.382 e. The molecule has 102 valence electrons. The van der Waals surface area contributed by atoms with Crippen LogP contribution in [0.15, 0.2) is 24.3 Å². The van der Waals surface area contributed by atoms with Gasteiger partial charge in [-0.1, -0.05) is 64.2 Å². The van der Waals surface area contributed by atoms with E-state index in [0.29, 0.717) is 6.04 Å². The van der Waals surface area contributed by atoms with Crippen LogP contribution in [-0.4, -0.2) is 6.04 Å². The quantitative estimate of drug-likeness (QED) is 0.575. The van der Waals surface area contributed by atoms with Crippen LogP contribution >= 0.6 is 0 Å². The number of para-hydroxylation sites is 1. The van der Waals surface area contributed by atoms with E-state index in [1.807, 2.05) is 0 Å². The Morgan fingerprint density at radius 2 is 1.78 bits per heavy atom. The molecular formula is C17H29N. The summed E-state index contributed by atoms with van der Waals surface area (Å²) in [6, 6.07) is 9.32. The average molecular weight is 247 g/mol. The van der Waals surface area contributed by atoms with Crippen molar-refractivity contribution in [2.75, 3.05) is 5.32 Å². The molecule has 0 aliphatic carbocycles. The molecule has 1 rings (SSSR count). The minimum absolute atomic E-state index is 0.583. The highest BCUT2D eigenvalue weighted by atomic mass is 14.9. The predicted molar refractivity (Wildman–Crippen MR) is 82.3 cm³/mol. The summed E-state index contributed by atoms with van der Waals surface area (Å²) in [5, 5.41) is 3.67. The van der Waals surface area contributed by atoms with E-state index in [4.69, 9.17) is 0 Å². The highest BCUT2D eigenvalue weighted by molar-refractivity contribution is 5.51. The lowest BCUT2D eigenvalue weighted by Gasteiger charge is -2.18. The van der Waals surface area contributed by atoms with Crippen LogP contribution in [0.4, 0.5) is 5.69 Å². The van der Waals surface area contributed by atoms with E-state index in [-0.39, 0.29) is 0 Å². The van der Waals surface area contributed by atoms with Crippen molar-refractivity contribution in [3.05, 3.63) is 29.8 Å². The lowest BCUT2D eigenvalue weighted by molar-refractivity contribution is 0.593. The minimum atomic E-state index is 0.583. The van der Waals surface area contributed by atoms with Gasteiger partial charge in [-0.25, -0.2) is 0 Å². The van der Waals surface area contributed by atoms with Crippen LogP contribution in [0.25, 0.3) is 0 Å². The molecule has 0 amide bonds. The number of nitrogens with one attached hydrogen (secondary N) is 1. The highest BCUT2D eigenvalue weighted by Crippen LogP contribution is 2.19. The van der Waals surface area contributed by atoms with Gasteiger partial charge < -0.3 is 5.32 Å². The Morgan fingerprint density at radius 3 is 2.50 bits per heavy atom. The van der Waals surface area contributed by atoms with Gasteiger partial charge in [0, 0.05) is 11.7 Å². The lowest BCUT2D eigenvalue weighted by atomic mass is 10.1. The number of hydrogen-bond donors (Lipinski definition) is 1. The summed E-state index contributed by atoms with van der Waals surface area (Å²) < 4.78 is 0. The molecule has 0 saturated carbocycles. The maximum absolute atomic E-state index is 3.67. The van der Waals surface area contributed by atoms with Gasteiger partial charge in [0.2, 0.25) is 0 Å². The van der Waals surface area contributed by atoms with Gasteiger partial charge in [0.1, 0.15) is 0 Å². The molecule has 1 N–H and O–H groups in total. The third-order valence-corrected chi connectivity index (χ3v) is 3.43. The molecule has 1 nitrogen and oxygen atoms in total. The molecule has 1 aromatic rings. The Balaban J connectivity index is 2.40. The number of unbranched alkanes of at least 4 members (excludes halogenated alkanes) is 3. The van der Waals surface area contributed by atoms with Crippen molar-refractivity contribution >= 4 is 5.69 Å². The van der Waals surface area contributed by atoms with Gasteiger partial charge in [-0.3, -0.25) is 0 Å². The normalized spacial score (nSPS) is 12.4. The van der Waals surface area contributed by atoms with Crippen LogP contribution in [0.2, 0.25) is 0 Å². The van der Waals surface area contributed by atoms with Crippen LogP contribution in [0.5, 0.6) is 0 Å². The van der Waals surface area contributed by atoms with Crippen LogP contribution in [0.3, 0.4) is 0 Å². The number of benzene rings is 1. The fourth-order valence-corrected chi connectivity index (χ4v) is 2.36. The van der Waals surface area contributed by atoms with Crippen molar-refractivity contribution in [1.29, 1.82) is 0 Å². The monoisotopic (exact) mass is 247 g/mol. The topological polar surface area (TPSA) is 12.0 Å². The molecule has 18 heavy (non-hydrogen) atoms. The smallest absolute Gasteiger partial charge is 0.0374 e. The van der Waals surface area contributed by atoms with Crippen LogP contribution in [-0.2, 0) is 6.42 Å². The summed E-state index contributed by atoms with van der Waals surface area (Å²) in [7, 11) is 0. The fourth-order valence-electron chi connectivity index (χ4n) is 2.36. The summed E-state index contributed by atoms with van der Waals surface area (Å²) in [6.45, 7) is 6.81. The van der Waals surface area contributed by atoms with Crippen molar-refractivity contribution < 1.29 is 0 Å². The second-order valence-corrected chi connectivity index (χ2v) is 5.30. The number of anilines is 1. The molecule has 0 aliphatic rings. The van der Waals surface area contributed by atoms with Gasteiger partial charge in [0.05, 0.1) is 0 Å². The molecule has 1 atom stereocenters. The van der Waals surface area contributed by atoms with Crippen molar-refractivity contribution in [1.82, 2.24) is 0 Å². The molecule has 0 saturated heterocycles. The lowest BCUT2D eigenvalue weighted by Crippen LogP contribution is -2.16. The maximum Gasteiger partial charge on any atom is 0.0374 e. The molecule has 0 bridgehead atoms. The number of aryl methyl sites for hydroxylation is 1. The van der Waals surface area contributed by atoms with Gasteiger partial charge in [-0.05, 0) is 31.4 Å². The predicted octanol–water partition coefficient (Wildman–Crippen LogP) is 5.41. The van der Waals surface area contributed by atoms with Gasteiger partial charge in [0.25, 0.3) is 0 Å². The van der Waals surface area contributed by atoms with E-state index < -0.39 is 0 Å². The Hall–Kier alpha value is -0.980. The van der Waals surface area contributed by atoms with Crippen LogP contribution < -0.4 is 5.32 Å². The van der Waals surface area contributed by atoms with E-state index in [0.717, 1.165) is 0 Å². The molecule has 0 heterocycles. The first-order chi connectivity index (χ1) is 8.77. The van der Waals surface area contributed by atoms with Gasteiger partial charge in [-0.2, -0.15) is 0 Å². The summed E-state index contributed by atoms with van der Waals surface area (Å²) in [5.74, 6) is 0. The molecule has 0 aromatic heterocycles. The van der Waals surface area contributed by atoms with Crippen LogP contribution in [0, 0.1) is 0 Å². The molecule has 1 heteroatoms. The maximum atomic E-state index is 3.67. The Labute approximate surface area is 113 Å². The second kappa shape index (κ2) is 9.02.